The summed E-state index contributed by atoms with van der Waals surface area (Å²) in [5.41, 5.74) is 5.80. The monoisotopic (exact) mass is 341 g/mol. The van der Waals surface area contributed by atoms with Crippen molar-refractivity contribution in [1.29, 1.82) is 0 Å². The number of primary amides is 1. The van der Waals surface area contributed by atoms with E-state index in [2.05, 4.69) is 16.8 Å². The summed E-state index contributed by atoms with van der Waals surface area (Å²) in [5, 5.41) is 11.2. The van der Waals surface area contributed by atoms with Gasteiger partial charge in [0.1, 0.15) is 11.5 Å². The summed E-state index contributed by atoms with van der Waals surface area (Å²) in [6.45, 7) is 2.06. The molecular formula is C20H27N3O2. The summed E-state index contributed by atoms with van der Waals surface area (Å²) in [7, 11) is 3.94. The first-order chi connectivity index (χ1) is 11.9. The Bertz CT molecular complexity index is 676. The fraction of sp³-hybridized carbons (Fsp3) is 0.400. The van der Waals surface area contributed by atoms with Crippen LogP contribution in [-0.2, 0) is 10.2 Å². The van der Waals surface area contributed by atoms with Crippen molar-refractivity contribution in [1.82, 2.24) is 9.88 Å². The third-order valence-corrected chi connectivity index (χ3v) is 4.92. The first kappa shape index (κ1) is 19.1. The quantitative estimate of drug-likeness (QED) is 0.772. The molecule has 3 atom stereocenters. The second-order valence-corrected chi connectivity index (χ2v) is 6.59. The molecule has 3 unspecified atom stereocenters. The number of aromatic nitrogens is 1. The Morgan fingerprint density at radius 1 is 1.20 bits per heavy atom. The summed E-state index contributed by atoms with van der Waals surface area (Å²) in [6.07, 6.45) is 1.73. The van der Waals surface area contributed by atoms with Gasteiger partial charge in [0.25, 0.3) is 0 Å². The fourth-order valence-electron chi connectivity index (χ4n) is 3.35. The molecule has 1 aromatic carbocycles. The van der Waals surface area contributed by atoms with Gasteiger partial charge in [0, 0.05) is 12.2 Å². The minimum Gasteiger partial charge on any atom is -0.385 e. The lowest BCUT2D eigenvalue weighted by molar-refractivity contribution is -0.129. The highest BCUT2D eigenvalue weighted by atomic mass is 16.3. The smallest absolute Gasteiger partial charge is 0.231 e. The summed E-state index contributed by atoms with van der Waals surface area (Å²) >= 11 is 0. The van der Waals surface area contributed by atoms with Crippen LogP contribution in [0.25, 0.3) is 0 Å². The number of benzene rings is 1. The molecule has 0 saturated carbocycles. The molecule has 1 amide bonds. The predicted octanol–water partition coefficient (Wildman–Crippen LogP) is 2.27. The van der Waals surface area contributed by atoms with Gasteiger partial charge in [0.2, 0.25) is 5.91 Å². The van der Waals surface area contributed by atoms with Crippen molar-refractivity contribution in [3.63, 3.8) is 0 Å². The predicted molar refractivity (Wildman–Crippen MR) is 98.9 cm³/mol. The molecule has 2 aromatic rings. The van der Waals surface area contributed by atoms with Gasteiger partial charge in [-0.15, -0.1) is 0 Å². The van der Waals surface area contributed by atoms with Crippen LogP contribution >= 0.6 is 0 Å². The first-order valence-electron chi connectivity index (χ1n) is 8.54. The average Bonchev–Trinajstić information content (AvgIpc) is 2.63. The minimum absolute atomic E-state index is 0.0890. The Morgan fingerprint density at radius 2 is 1.84 bits per heavy atom. The van der Waals surface area contributed by atoms with E-state index in [9.17, 15) is 9.90 Å². The van der Waals surface area contributed by atoms with Crippen molar-refractivity contribution in [2.45, 2.75) is 37.3 Å². The fourth-order valence-corrected chi connectivity index (χ4v) is 3.35. The van der Waals surface area contributed by atoms with Crippen LogP contribution in [0.1, 0.15) is 37.1 Å². The number of hydrogen-bond acceptors (Lipinski definition) is 4. The number of carbonyl (C=O) groups excluding carboxylic acids is 1. The van der Waals surface area contributed by atoms with E-state index in [1.165, 1.54) is 0 Å². The molecule has 5 nitrogen and oxygen atoms in total. The second-order valence-electron chi connectivity index (χ2n) is 6.59. The number of nitrogens with two attached hydrogens (primary N) is 1. The van der Waals surface area contributed by atoms with E-state index in [4.69, 9.17) is 5.73 Å². The van der Waals surface area contributed by atoms with E-state index in [1.54, 1.807) is 24.4 Å². The van der Waals surface area contributed by atoms with Gasteiger partial charge in [-0.3, -0.25) is 9.78 Å². The van der Waals surface area contributed by atoms with E-state index in [-0.39, 0.29) is 6.04 Å². The topological polar surface area (TPSA) is 79.5 Å². The Balaban J connectivity index is 2.61. The highest BCUT2D eigenvalue weighted by Crippen LogP contribution is 2.41. The number of aliphatic hydroxyl groups excluding tert-OH is 1. The maximum atomic E-state index is 12.7. The van der Waals surface area contributed by atoms with Crippen LogP contribution in [-0.4, -0.2) is 41.0 Å². The maximum absolute atomic E-state index is 12.7. The molecule has 0 aliphatic carbocycles. The van der Waals surface area contributed by atoms with E-state index < -0.39 is 17.4 Å². The van der Waals surface area contributed by atoms with Crippen LogP contribution in [0.15, 0.2) is 54.7 Å². The molecule has 1 heterocycles. The summed E-state index contributed by atoms with van der Waals surface area (Å²) in [5.74, 6) is -0.544. The van der Waals surface area contributed by atoms with Gasteiger partial charge in [-0.1, -0.05) is 43.3 Å². The molecule has 0 spiro atoms. The number of pyridine rings is 1. The molecule has 25 heavy (non-hydrogen) atoms. The number of carbonyl (C=O) groups is 1. The third kappa shape index (κ3) is 3.89. The zero-order valence-electron chi connectivity index (χ0n) is 15.1. The van der Waals surface area contributed by atoms with Gasteiger partial charge >= 0.3 is 0 Å². The molecule has 0 aliphatic heterocycles. The molecule has 1 aromatic heterocycles. The lowest BCUT2D eigenvalue weighted by Gasteiger charge is -2.39. The SMILES string of the molecule is CCC(CC(C(N)=O)(c1ccccc1)C(O)c1ccccn1)N(C)C. The Kier molecular flexibility index (Phi) is 6.28. The van der Waals surface area contributed by atoms with Gasteiger partial charge in [-0.2, -0.15) is 0 Å². The second kappa shape index (κ2) is 8.23. The normalized spacial score (nSPS) is 16.2. The van der Waals surface area contributed by atoms with Crippen LogP contribution in [0, 0.1) is 0 Å². The number of amides is 1. The molecule has 0 fully saturated rings. The molecule has 0 aliphatic rings. The van der Waals surface area contributed by atoms with Crippen LogP contribution in [0.3, 0.4) is 0 Å². The van der Waals surface area contributed by atoms with Gasteiger partial charge in [0.15, 0.2) is 0 Å². The molecule has 0 radical (unpaired) electrons. The van der Waals surface area contributed by atoms with E-state index >= 15 is 0 Å². The average molecular weight is 341 g/mol. The highest BCUT2D eigenvalue weighted by Gasteiger charge is 2.48. The van der Waals surface area contributed by atoms with E-state index in [0.717, 1.165) is 6.42 Å². The van der Waals surface area contributed by atoms with Crippen molar-refractivity contribution in [2.24, 2.45) is 5.73 Å². The van der Waals surface area contributed by atoms with Crippen LogP contribution < -0.4 is 5.73 Å². The van der Waals surface area contributed by atoms with E-state index in [0.29, 0.717) is 17.7 Å². The number of aliphatic hydroxyl groups is 1. The van der Waals surface area contributed by atoms with Gasteiger partial charge in [0.05, 0.1) is 5.69 Å². The number of hydrogen-bond donors (Lipinski definition) is 2. The zero-order chi connectivity index (χ0) is 18.4. The lowest BCUT2D eigenvalue weighted by Crippen LogP contribution is -2.50. The molecule has 5 heteroatoms. The highest BCUT2D eigenvalue weighted by molar-refractivity contribution is 5.87. The third-order valence-electron chi connectivity index (χ3n) is 4.92. The lowest BCUT2D eigenvalue weighted by atomic mass is 9.69. The van der Waals surface area contributed by atoms with Crippen molar-refractivity contribution in [3.8, 4) is 0 Å². The standard InChI is InChI=1S/C20H27N3O2/c1-4-16(23(2)3)14-20(19(21)25,15-10-6-5-7-11-15)18(24)17-12-8-9-13-22-17/h5-13,16,18,24H,4,14H2,1-3H3,(H2,21,25). The van der Waals surface area contributed by atoms with Crippen molar-refractivity contribution in [2.75, 3.05) is 14.1 Å². The van der Waals surface area contributed by atoms with Gasteiger partial charge < -0.3 is 15.7 Å². The van der Waals surface area contributed by atoms with E-state index in [1.807, 2.05) is 44.4 Å². The van der Waals surface area contributed by atoms with Crippen LogP contribution in [0.2, 0.25) is 0 Å². The summed E-state index contributed by atoms with van der Waals surface area (Å²) in [4.78, 5) is 19.0. The van der Waals surface area contributed by atoms with Crippen molar-refractivity contribution < 1.29 is 9.90 Å². The van der Waals surface area contributed by atoms with Crippen LogP contribution in [0.5, 0.6) is 0 Å². The van der Waals surface area contributed by atoms with Gasteiger partial charge in [-0.05, 0) is 44.6 Å². The minimum atomic E-state index is -1.25. The molecule has 3 N–H and O–H groups in total. The van der Waals surface area contributed by atoms with Crippen LogP contribution in [0.4, 0.5) is 0 Å². The van der Waals surface area contributed by atoms with Crippen molar-refractivity contribution >= 4 is 5.91 Å². The summed E-state index contributed by atoms with van der Waals surface area (Å²) < 4.78 is 0. The number of rotatable bonds is 8. The van der Waals surface area contributed by atoms with Gasteiger partial charge in [-0.25, -0.2) is 0 Å². The first-order valence-corrected chi connectivity index (χ1v) is 8.54. The largest absolute Gasteiger partial charge is 0.385 e. The molecule has 0 bridgehead atoms. The summed E-state index contributed by atoms with van der Waals surface area (Å²) in [6, 6.07) is 14.7. The molecule has 0 saturated heterocycles. The Hall–Kier alpha value is -2.24. The Morgan fingerprint density at radius 3 is 2.32 bits per heavy atom. The molecule has 134 valence electrons. The Labute approximate surface area is 149 Å². The molecule has 2 rings (SSSR count). The molecular weight excluding hydrogens is 314 g/mol. The van der Waals surface area contributed by atoms with Crippen molar-refractivity contribution in [3.05, 3.63) is 66.0 Å². The zero-order valence-corrected chi connectivity index (χ0v) is 15.1. The maximum Gasteiger partial charge on any atom is 0.231 e. The number of nitrogens with zero attached hydrogens (tertiary/aromatic N) is 2.